The van der Waals surface area contributed by atoms with Crippen LogP contribution < -0.4 is 0 Å². The minimum absolute atomic E-state index is 0.0416. The van der Waals surface area contributed by atoms with Gasteiger partial charge in [0.05, 0.1) is 5.52 Å². The smallest absolute Gasteiger partial charge is 0.182 e. The zero-order valence-electron chi connectivity index (χ0n) is 14.1. The van der Waals surface area contributed by atoms with E-state index in [4.69, 9.17) is 4.98 Å². The standard InChI is InChI=1S/C21H19N3/c1-21(2,3)17-13-15(12-14-8-4-5-9-16(14)17)20-22-18-10-6-7-11-19(18)23-24-20/h4-13H,1-3H3. The second-order valence-corrected chi connectivity index (χ2v) is 7.12. The first-order valence-electron chi connectivity index (χ1n) is 8.15. The van der Waals surface area contributed by atoms with Crippen molar-refractivity contribution >= 4 is 21.8 Å². The van der Waals surface area contributed by atoms with Gasteiger partial charge in [-0.25, -0.2) is 4.98 Å². The average Bonchev–Trinajstić information content (AvgIpc) is 2.59. The summed E-state index contributed by atoms with van der Waals surface area (Å²) in [5, 5.41) is 11.1. The zero-order valence-corrected chi connectivity index (χ0v) is 14.1. The van der Waals surface area contributed by atoms with Crippen molar-refractivity contribution in [3.05, 3.63) is 66.2 Å². The first kappa shape index (κ1) is 14.8. The molecule has 3 nitrogen and oxygen atoms in total. The van der Waals surface area contributed by atoms with E-state index in [9.17, 15) is 0 Å². The van der Waals surface area contributed by atoms with E-state index in [1.807, 2.05) is 24.3 Å². The lowest BCUT2D eigenvalue weighted by Gasteiger charge is -2.22. The van der Waals surface area contributed by atoms with Gasteiger partial charge < -0.3 is 0 Å². The Balaban J connectivity index is 1.98. The molecule has 0 spiro atoms. The summed E-state index contributed by atoms with van der Waals surface area (Å²) in [5.74, 6) is 0.671. The van der Waals surface area contributed by atoms with Gasteiger partial charge in [-0.05, 0) is 46.0 Å². The fraction of sp³-hybridized carbons (Fsp3) is 0.190. The van der Waals surface area contributed by atoms with Crippen molar-refractivity contribution in [2.45, 2.75) is 26.2 Å². The topological polar surface area (TPSA) is 38.7 Å². The van der Waals surface area contributed by atoms with Crippen LogP contribution in [0, 0.1) is 0 Å². The fourth-order valence-corrected chi connectivity index (χ4v) is 3.06. The summed E-state index contributed by atoms with van der Waals surface area (Å²) in [6.45, 7) is 6.70. The number of benzene rings is 3. The molecule has 118 valence electrons. The van der Waals surface area contributed by atoms with Crippen LogP contribution in [-0.2, 0) is 5.41 Å². The number of fused-ring (bicyclic) bond motifs is 2. The van der Waals surface area contributed by atoms with Crippen molar-refractivity contribution in [2.75, 3.05) is 0 Å². The number of nitrogens with zero attached hydrogens (tertiary/aromatic N) is 3. The lowest BCUT2D eigenvalue weighted by molar-refractivity contribution is 0.596. The molecule has 0 atom stereocenters. The highest BCUT2D eigenvalue weighted by Crippen LogP contribution is 2.33. The van der Waals surface area contributed by atoms with Crippen LogP contribution in [0.25, 0.3) is 33.2 Å². The van der Waals surface area contributed by atoms with Crippen molar-refractivity contribution < 1.29 is 0 Å². The van der Waals surface area contributed by atoms with E-state index in [0.717, 1.165) is 16.6 Å². The summed E-state index contributed by atoms with van der Waals surface area (Å²) >= 11 is 0. The van der Waals surface area contributed by atoms with Crippen LogP contribution in [-0.4, -0.2) is 15.2 Å². The quantitative estimate of drug-likeness (QED) is 0.488. The zero-order chi connectivity index (χ0) is 16.7. The molecule has 0 aliphatic rings. The minimum atomic E-state index is 0.0416. The Morgan fingerprint density at radius 3 is 2.25 bits per heavy atom. The lowest BCUT2D eigenvalue weighted by Crippen LogP contribution is -2.12. The van der Waals surface area contributed by atoms with Crippen LogP contribution in [0.5, 0.6) is 0 Å². The normalized spacial score (nSPS) is 12.0. The molecular weight excluding hydrogens is 294 g/mol. The third-order valence-electron chi connectivity index (χ3n) is 4.29. The van der Waals surface area contributed by atoms with Gasteiger partial charge in [-0.3, -0.25) is 0 Å². The third-order valence-corrected chi connectivity index (χ3v) is 4.29. The van der Waals surface area contributed by atoms with Crippen molar-refractivity contribution in [1.82, 2.24) is 15.2 Å². The number of hydrogen-bond donors (Lipinski definition) is 0. The molecule has 3 heteroatoms. The van der Waals surface area contributed by atoms with Crippen LogP contribution in [0.1, 0.15) is 26.3 Å². The van der Waals surface area contributed by atoms with Crippen molar-refractivity contribution in [3.63, 3.8) is 0 Å². The van der Waals surface area contributed by atoms with Crippen molar-refractivity contribution in [1.29, 1.82) is 0 Å². The van der Waals surface area contributed by atoms with E-state index in [2.05, 4.69) is 67.4 Å². The molecule has 0 amide bonds. The maximum absolute atomic E-state index is 4.70. The first-order chi connectivity index (χ1) is 11.5. The second kappa shape index (κ2) is 5.38. The number of rotatable bonds is 1. The molecule has 0 aliphatic heterocycles. The van der Waals surface area contributed by atoms with Gasteiger partial charge in [0.2, 0.25) is 0 Å². The van der Waals surface area contributed by atoms with E-state index >= 15 is 0 Å². The van der Waals surface area contributed by atoms with Crippen molar-refractivity contribution in [3.8, 4) is 11.4 Å². The maximum atomic E-state index is 4.70. The Bertz CT molecular complexity index is 1050. The largest absolute Gasteiger partial charge is 0.225 e. The molecule has 24 heavy (non-hydrogen) atoms. The van der Waals surface area contributed by atoms with E-state index in [1.54, 1.807) is 0 Å². The maximum Gasteiger partial charge on any atom is 0.182 e. The summed E-state index contributed by atoms with van der Waals surface area (Å²) < 4.78 is 0. The molecule has 3 aromatic carbocycles. The van der Waals surface area contributed by atoms with Gasteiger partial charge >= 0.3 is 0 Å². The SMILES string of the molecule is CC(C)(C)c1cc(-c2nnc3ccccc3n2)cc2ccccc12. The number of para-hydroxylation sites is 1. The Morgan fingerprint density at radius 2 is 1.46 bits per heavy atom. The summed E-state index contributed by atoms with van der Waals surface area (Å²) in [5.41, 5.74) is 4.04. The highest BCUT2D eigenvalue weighted by molar-refractivity contribution is 5.90. The summed E-state index contributed by atoms with van der Waals surface area (Å²) in [6.07, 6.45) is 0. The van der Waals surface area contributed by atoms with E-state index in [0.29, 0.717) is 5.82 Å². The Hall–Kier alpha value is -2.81. The molecule has 4 aromatic rings. The van der Waals surface area contributed by atoms with Gasteiger partial charge in [-0.2, -0.15) is 0 Å². The van der Waals surface area contributed by atoms with Gasteiger partial charge in [0, 0.05) is 5.56 Å². The Labute approximate surface area is 141 Å². The Morgan fingerprint density at radius 1 is 0.750 bits per heavy atom. The fourth-order valence-electron chi connectivity index (χ4n) is 3.06. The average molecular weight is 313 g/mol. The summed E-state index contributed by atoms with van der Waals surface area (Å²) in [4.78, 5) is 4.70. The third kappa shape index (κ3) is 2.52. The Kier molecular flexibility index (Phi) is 3.31. The number of hydrogen-bond acceptors (Lipinski definition) is 3. The highest BCUT2D eigenvalue weighted by Gasteiger charge is 2.19. The van der Waals surface area contributed by atoms with E-state index in [1.165, 1.54) is 16.3 Å². The molecule has 1 heterocycles. The highest BCUT2D eigenvalue weighted by atomic mass is 15.1. The van der Waals surface area contributed by atoms with Crippen LogP contribution >= 0.6 is 0 Å². The van der Waals surface area contributed by atoms with E-state index in [-0.39, 0.29) is 5.41 Å². The predicted octanol–water partition coefficient (Wildman–Crippen LogP) is 5.14. The first-order valence-corrected chi connectivity index (χ1v) is 8.15. The molecule has 0 fully saturated rings. The molecule has 4 rings (SSSR count). The summed E-state index contributed by atoms with van der Waals surface area (Å²) in [6, 6.07) is 20.7. The molecule has 0 unspecified atom stereocenters. The van der Waals surface area contributed by atoms with Crippen molar-refractivity contribution in [2.24, 2.45) is 0 Å². The second-order valence-electron chi connectivity index (χ2n) is 7.12. The molecule has 0 N–H and O–H groups in total. The van der Waals surface area contributed by atoms with Gasteiger partial charge in [-0.1, -0.05) is 57.2 Å². The molecule has 0 saturated heterocycles. The molecule has 1 aromatic heterocycles. The summed E-state index contributed by atoms with van der Waals surface area (Å²) in [7, 11) is 0. The van der Waals surface area contributed by atoms with Gasteiger partial charge in [0.15, 0.2) is 5.82 Å². The molecule has 0 saturated carbocycles. The monoisotopic (exact) mass is 313 g/mol. The van der Waals surface area contributed by atoms with Crippen LogP contribution in [0.3, 0.4) is 0 Å². The van der Waals surface area contributed by atoms with Crippen LogP contribution in [0.2, 0.25) is 0 Å². The molecule has 0 radical (unpaired) electrons. The van der Waals surface area contributed by atoms with Crippen LogP contribution in [0.4, 0.5) is 0 Å². The van der Waals surface area contributed by atoms with Gasteiger partial charge in [-0.15, -0.1) is 10.2 Å². The molecular formula is C21H19N3. The lowest BCUT2D eigenvalue weighted by atomic mass is 9.82. The van der Waals surface area contributed by atoms with Crippen LogP contribution in [0.15, 0.2) is 60.7 Å². The molecule has 0 bridgehead atoms. The molecule has 0 aliphatic carbocycles. The predicted molar refractivity (Wildman–Crippen MR) is 99.0 cm³/mol. The van der Waals surface area contributed by atoms with E-state index < -0.39 is 0 Å². The minimum Gasteiger partial charge on any atom is -0.225 e. The van der Waals surface area contributed by atoms with Gasteiger partial charge in [0.25, 0.3) is 0 Å². The number of aromatic nitrogens is 3. The van der Waals surface area contributed by atoms with Gasteiger partial charge in [0.1, 0.15) is 5.52 Å².